The molecule has 4 heteroatoms. The van der Waals surface area contributed by atoms with E-state index in [1.54, 1.807) is 6.92 Å². The standard InChI is InChI=1S/C14H20ClNO2/c1-10(17)9-16-13(18)14(2,3)8-11-5-4-6-12(15)7-11/h4-7,10,17H,8-9H2,1-3H3,(H,16,18). The minimum atomic E-state index is -0.532. The maximum atomic E-state index is 12.0. The zero-order valence-corrected chi connectivity index (χ0v) is 11.8. The molecule has 1 rings (SSSR count). The fourth-order valence-corrected chi connectivity index (χ4v) is 1.93. The molecule has 2 N–H and O–H groups in total. The lowest BCUT2D eigenvalue weighted by atomic mass is 9.85. The summed E-state index contributed by atoms with van der Waals surface area (Å²) in [7, 11) is 0. The SMILES string of the molecule is CC(O)CNC(=O)C(C)(C)Cc1cccc(Cl)c1. The van der Waals surface area contributed by atoms with E-state index in [9.17, 15) is 4.79 Å². The van der Waals surface area contributed by atoms with E-state index in [0.717, 1.165) is 5.56 Å². The lowest BCUT2D eigenvalue weighted by Gasteiger charge is -2.24. The van der Waals surface area contributed by atoms with Gasteiger partial charge in [-0.15, -0.1) is 0 Å². The summed E-state index contributed by atoms with van der Waals surface area (Å²) in [6, 6.07) is 7.51. The summed E-state index contributed by atoms with van der Waals surface area (Å²) in [6.45, 7) is 5.68. The molecule has 0 fully saturated rings. The smallest absolute Gasteiger partial charge is 0.226 e. The molecule has 1 amide bonds. The fraction of sp³-hybridized carbons (Fsp3) is 0.500. The van der Waals surface area contributed by atoms with Gasteiger partial charge in [-0.25, -0.2) is 0 Å². The highest BCUT2D eigenvalue weighted by atomic mass is 35.5. The Hall–Kier alpha value is -1.06. The number of halogens is 1. The zero-order chi connectivity index (χ0) is 13.8. The molecule has 0 saturated carbocycles. The van der Waals surface area contributed by atoms with Crippen LogP contribution >= 0.6 is 11.6 Å². The first-order valence-corrected chi connectivity index (χ1v) is 6.40. The quantitative estimate of drug-likeness (QED) is 0.862. The van der Waals surface area contributed by atoms with Crippen LogP contribution in [-0.2, 0) is 11.2 Å². The summed E-state index contributed by atoms with van der Waals surface area (Å²) >= 11 is 5.92. The van der Waals surface area contributed by atoms with Crippen LogP contribution in [0.5, 0.6) is 0 Å². The van der Waals surface area contributed by atoms with E-state index < -0.39 is 11.5 Å². The second kappa shape index (κ2) is 6.21. The first kappa shape index (κ1) is 15.0. The van der Waals surface area contributed by atoms with Gasteiger partial charge in [-0.3, -0.25) is 4.79 Å². The molecule has 0 aliphatic carbocycles. The van der Waals surface area contributed by atoms with E-state index in [0.29, 0.717) is 11.4 Å². The minimum Gasteiger partial charge on any atom is -0.392 e. The summed E-state index contributed by atoms with van der Waals surface area (Å²) in [6.07, 6.45) is 0.0788. The molecule has 0 heterocycles. The van der Waals surface area contributed by atoms with Crippen LogP contribution in [0, 0.1) is 5.41 Å². The number of hydrogen-bond acceptors (Lipinski definition) is 2. The topological polar surface area (TPSA) is 49.3 Å². The molecule has 100 valence electrons. The Balaban J connectivity index is 2.66. The van der Waals surface area contributed by atoms with Gasteiger partial charge in [0.1, 0.15) is 0 Å². The van der Waals surface area contributed by atoms with Crippen molar-refractivity contribution in [3.63, 3.8) is 0 Å². The normalized spacial score (nSPS) is 13.2. The van der Waals surface area contributed by atoms with E-state index in [-0.39, 0.29) is 12.5 Å². The first-order chi connectivity index (χ1) is 8.31. The number of hydrogen-bond donors (Lipinski definition) is 2. The molecular formula is C14H20ClNO2. The van der Waals surface area contributed by atoms with Gasteiger partial charge in [0, 0.05) is 17.0 Å². The highest BCUT2D eigenvalue weighted by Gasteiger charge is 2.27. The van der Waals surface area contributed by atoms with Crippen molar-refractivity contribution in [3.05, 3.63) is 34.9 Å². The predicted molar refractivity (Wildman–Crippen MR) is 73.6 cm³/mol. The van der Waals surface area contributed by atoms with E-state index >= 15 is 0 Å². The zero-order valence-electron chi connectivity index (χ0n) is 11.0. The van der Waals surface area contributed by atoms with Crippen molar-refractivity contribution < 1.29 is 9.90 Å². The fourth-order valence-electron chi connectivity index (χ4n) is 1.72. The maximum absolute atomic E-state index is 12.0. The van der Waals surface area contributed by atoms with E-state index in [1.165, 1.54) is 0 Å². The summed E-state index contributed by atoms with van der Waals surface area (Å²) in [5.74, 6) is -0.0663. The summed E-state index contributed by atoms with van der Waals surface area (Å²) in [5, 5.41) is 12.6. The Morgan fingerprint density at radius 3 is 2.72 bits per heavy atom. The highest BCUT2D eigenvalue weighted by molar-refractivity contribution is 6.30. The number of benzene rings is 1. The maximum Gasteiger partial charge on any atom is 0.226 e. The van der Waals surface area contributed by atoms with Crippen LogP contribution in [0.3, 0.4) is 0 Å². The molecule has 0 aromatic heterocycles. The molecule has 1 atom stereocenters. The highest BCUT2D eigenvalue weighted by Crippen LogP contribution is 2.23. The molecular weight excluding hydrogens is 250 g/mol. The van der Waals surface area contributed by atoms with Gasteiger partial charge >= 0.3 is 0 Å². The number of aliphatic hydroxyl groups is 1. The lowest BCUT2D eigenvalue weighted by molar-refractivity contribution is -0.129. The number of carbonyl (C=O) groups is 1. The molecule has 0 spiro atoms. The van der Waals surface area contributed by atoms with E-state index in [2.05, 4.69) is 5.32 Å². The van der Waals surface area contributed by atoms with Crippen LogP contribution in [0.15, 0.2) is 24.3 Å². The van der Waals surface area contributed by atoms with Crippen LogP contribution in [0.4, 0.5) is 0 Å². The molecule has 1 aromatic carbocycles. The van der Waals surface area contributed by atoms with Crippen LogP contribution in [0.25, 0.3) is 0 Å². The number of carbonyl (C=O) groups excluding carboxylic acids is 1. The van der Waals surface area contributed by atoms with E-state index in [1.807, 2.05) is 38.1 Å². The van der Waals surface area contributed by atoms with Crippen molar-refractivity contribution in [1.82, 2.24) is 5.32 Å². The second-order valence-electron chi connectivity index (χ2n) is 5.25. The minimum absolute atomic E-state index is 0.0663. The summed E-state index contributed by atoms with van der Waals surface area (Å²) < 4.78 is 0. The molecule has 18 heavy (non-hydrogen) atoms. The van der Waals surface area contributed by atoms with Gasteiger partial charge in [-0.05, 0) is 31.0 Å². The monoisotopic (exact) mass is 269 g/mol. The van der Waals surface area contributed by atoms with Crippen molar-refractivity contribution in [3.8, 4) is 0 Å². The Bertz CT molecular complexity index is 416. The third kappa shape index (κ3) is 4.67. The predicted octanol–water partition coefficient (Wildman–Crippen LogP) is 2.41. The van der Waals surface area contributed by atoms with Crippen molar-refractivity contribution in [2.24, 2.45) is 5.41 Å². The van der Waals surface area contributed by atoms with Gasteiger partial charge in [0.25, 0.3) is 0 Å². The lowest BCUT2D eigenvalue weighted by Crippen LogP contribution is -2.41. The average molecular weight is 270 g/mol. The first-order valence-electron chi connectivity index (χ1n) is 6.02. The second-order valence-corrected chi connectivity index (χ2v) is 5.69. The number of amides is 1. The largest absolute Gasteiger partial charge is 0.392 e. The van der Waals surface area contributed by atoms with Crippen LogP contribution in [-0.4, -0.2) is 23.7 Å². The van der Waals surface area contributed by atoms with Gasteiger partial charge in [0.15, 0.2) is 0 Å². The van der Waals surface area contributed by atoms with Crippen LogP contribution < -0.4 is 5.32 Å². The van der Waals surface area contributed by atoms with Gasteiger partial charge < -0.3 is 10.4 Å². The Kier molecular flexibility index (Phi) is 5.17. The van der Waals surface area contributed by atoms with Crippen LogP contribution in [0.2, 0.25) is 5.02 Å². The van der Waals surface area contributed by atoms with Crippen molar-refractivity contribution in [2.75, 3.05) is 6.54 Å². The van der Waals surface area contributed by atoms with Crippen molar-refractivity contribution >= 4 is 17.5 Å². The molecule has 1 unspecified atom stereocenters. The Morgan fingerprint density at radius 2 is 2.17 bits per heavy atom. The Labute approximate surface area is 113 Å². The van der Waals surface area contributed by atoms with Crippen LogP contribution in [0.1, 0.15) is 26.3 Å². The third-order valence-electron chi connectivity index (χ3n) is 2.71. The van der Waals surface area contributed by atoms with Gasteiger partial charge in [-0.2, -0.15) is 0 Å². The molecule has 0 aliphatic rings. The van der Waals surface area contributed by atoms with Crippen molar-refractivity contribution in [1.29, 1.82) is 0 Å². The number of nitrogens with one attached hydrogen (secondary N) is 1. The number of aliphatic hydroxyl groups excluding tert-OH is 1. The molecule has 0 radical (unpaired) electrons. The molecule has 0 bridgehead atoms. The van der Waals surface area contributed by atoms with E-state index in [4.69, 9.17) is 16.7 Å². The van der Waals surface area contributed by atoms with Gasteiger partial charge in [-0.1, -0.05) is 37.6 Å². The molecule has 0 saturated heterocycles. The summed E-state index contributed by atoms with van der Waals surface area (Å²) in [4.78, 5) is 12.0. The van der Waals surface area contributed by atoms with Gasteiger partial charge in [0.05, 0.1) is 6.10 Å². The molecule has 0 aliphatic heterocycles. The van der Waals surface area contributed by atoms with Crippen molar-refractivity contribution in [2.45, 2.75) is 33.3 Å². The molecule has 1 aromatic rings. The average Bonchev–Trinajstić information content (AvgIpc) is 2.25. The Morgan fingerprint density at radius 1 is 1.50 bits per heavy atom. The number of rotatable bonds is 5. The third-order valence-corrected chi connectivity index (χ3v) is 2.94. The van der Waals surface area contributed by atoms with Gasteiger partial charge in [0.2, 0.25) is 5.91 Å². The molecule has 3 nitrogen and oxygen atoms in total. The summed E-state index contributed by atoms with van der Waals surface area (Å²) in [5.41, 5.74) is 0.499.